The van der Waals surface area contributed by atoms with Crippen molar-refractivity contribution in [1.82, 2.24) is 9.88 Å². The number of anilines is 1. The highest BCUT2D eigenvalue weighted by Gasteiger charge is 2.38. The van der Waals surface area contributed by atoms with E-state index in [4.69, 9.17) is 10.00 Å². The number of fused-ring (bicyclic) bond motifs is 3. The molecule has 3 rings (SSSR count). The number of piperazine rings is 1. The van der Waals surface area contributed by atoms with E-state index in [1.807, 2.05) is 4.90 Å². The maximum absolute atomic E-state index is 13.1. The summed E-state index contributed by atoms with van der Waals surface area (Å²) in [6.07, 6.45) is -4.60. The van der Waals surface area contributed by atoms with Crippen LogP contribution in [0.25, 0.3) is 0 Å². The Morgan fingerprint density at radius 2 is 2.12 bits per heavy atom. The zero-order chi connectivity index (χ0) is 17.5. The van der Waals surface area contributed by atoms with Crippen molar-refractivity contribution in [1.29, 1.82) is 5.26 Å². The van der Waals surface area contributed by atoms with Crippen LogP contribution in [-0.4, -0.2) is 48.2 Å². The van der Waals surface area contributed by atoms with Gasteiger partial charge in [-0.15, -0.1) is 0 Å². The lowest BCUT2D eigenvalue weighted by molar-refractivity contribution is -0.138. The van der Waals surface area contributed by atoms with Gasteiger partial charge >= 0.3 is 6.18 Å². The fraction of sp³-hybridized carbons (Fsp3) is 0.625. The molecule has 0 saturated carbocycles. The van der Waals surface area contributed by atoms with Gasteiger partial charge in [0.1, 0.15) is 11.9 Å². The fourth-order valence-corrected chi connectivity index (χ4v) is 3.28. The SMILES string of the molecule is CC(C)N1CCN2c3nc(C#N)c(C(F)(F)F)cc3COC[C@H]2C1. The number of rotatable bonds is 1. The van der Waals surface area contributed by atoms with Crippen LogP contribution in [0.5, 0.6) is 0 Å². The molecule has 1 aromatic rings. The van der Waals surface area contributed by atoms with Crippen LogP contribution in [0.3, 0.4) is 0 Å². The Balaban J connectivity index is 2.00. The summed E-state index contributed by atoms with van der Waals surface area (Å²) in [6.45, 7) is 6.96. The first-order chi connectivity index (χ1) is 11.3. The topological polar surface area (TPSA) is 52.4 Å². The van der Waals surface area contributed by atoms with Crippen LogP contribution in [0, 0.1) is 11.3 Å². The van der Waals surface area contributed by atoms with E-state index in [9.17, 15) is 13.2 Å². The first kappa shape index (κ1) is 17.0. The summed E-state index contributed by atoms with van der Waals surface area (Å²) in [5.74, 6) is 0.449. The monoisotopic (exact) mass is 340 g/mol. The van der Waals surface area contributed by atoms with Gasteiger partial charge in [-0.05, 0) is 19.9 Å². The third-order valence-corrected chi connectivity index (χ3v) is 4.57. The highest BCUT2D eigenvalue weighted by molar-refractivity contribution is 5.54. The van der Waals surface area contributed by atoms with Gasteiger partial charge in [0.25, 0.3) is 0 Å². The Labute approximate surface area is 138 Å². The van der Waals surface area contributed by atoms with E-state index in [2.05, 4.69) is 23.7 Å². The van der Waals surface area contributed by atoms with Gasteiger partial charge in [-0.1, -0.05) is 0 Å². The molecule has 0 bridgehead atoms. The van der Waals surface area contributed by atoms with Crippen molar-refractivity contribution < 1.29 is 17.9 Å². The normalized spacial score (nSPS) is 21.9. The van der Waals surface area contributed by atoms with Crippen LogP contribution in [0.15, 0.2) is 6.07 Å². The van der Waals surface area contributed by atoms with Crippen molar-refractivity contribution in [3.8, 4) is 6.07 Å². The zero-order valence-corrected chi connectivity index (χ0v) is 13.6. The smallest absolute Gasteiger partial charge is 0.374 e. The lowest BCUT2D eigenvalue weighted by Gasteiger charge is -2.43. The van der Waals surface area contributed by atoms with Gasteiger partial charge in [-0.2, -0.15) is 18.4 Å². The molecule has 24 heavy (non-hydrogen) atoms. The summed E-state index contributed by atoms with van der Waals surface area (Å²) in [5, 5.41) is 9.09. The van der Waals surface area contributed by atoms with Crippen molar-refractivity contribution >= 4 is 5.82 Å². The number of nitriles is 1. The first-order valence-corrected chi connectivity index (χ1v) is 7.91. The van der Waals surface area contributed by atoms with E-state index in [0.717, 1.165) is 19.2 Å². The Kier molecular flexibility index (Phi) is 4.40. The number of aromatic nitrogens is 1. The van der Waals surface area contributed by atoms with Gasteiger partial charge in [0, 0.05) is 31.2 Å². The minimum atomic E-state index is -4.60. The van der Waals surface area contributed by atoms with Crippen LogP contribution in [0.4, 0.5) is 19.0 Å². The summed E-state index contributed by atoms with van der Waals surface area (Å²) < 4.78 is 45.0. The molecule has 2 aliphatic heterocycles. The van der Waals surface area contributed by atoms with Crippen LogP contribution in [-0.2, 0) is 17.5 Å². The molecule has 1 atom stereocenters. The molecule has 0 N–H and O–H groups in total. The second-order valence-electron chi connectivity index (χ2n) is 6.43. The largest absolute Gasteiger partial charge is 0.419 e. The summed E-state index contributed by atoms with van der Waals surface area (Å²) in [7, 11) is 0. The van der Waals surface area contributed by atoms with Gasteiger partial charge in [-0.3, -0.25) is 4.90 Å². The number of alkyl halides is 3. The first-order valence-electron chi connectivity index (χ1n) is 7.91. The van der Waals surface area contributed by atoms with Gasteiger partial charge in [0.15, 0.2) is 5.69 Å². The Bertz CT molecular complexity index is 669. The van der Waals surface area contributed by atoms with Crippen molar-refractivity contribution in [2.24, 2.45) is 0 Å². The Morgan fingerprint density at radius 1 is 1.38 bits per heavy atom. The van der Waals surface area contributed by atoms with Crippen molar-refractivity contribution in [2.45, 2.75) is 38.7 Å². The average Bonchev–Trinajstić information content (AvgIpc) is 2.70. The number of nitrogens with zero attached hydrogens (tertiary/aromatic N) is 4. The highest BCUT2D eigenvalue weighted by atomic mass is 19.4. The minimum Gasteiger partial charge on any atom is -0.374 e. The van der Waals surface area contributed by atoms with Crippen molar-refractivity contribution in [3.05, 3.63) is 22.9 Å². The molecule has 1 saturated heterocycles. The standard InChI is InChI=1S/C16H19F3N4O/c1-10(2)22-3-4-23-12(7-22)9-24-8-11-5-13(16(17,18)19)14(6-20)21-15(11)23/h5,10,12H,3-4,7-9H2,1-2H3/t12-/m1/s1. The molecule has 8 heteroatoms. The van der Waals surface area contributed by atoms with Gasteiger partial charge in [0.2, 0.25) is 0 Å². The Hall–Kier alpha value is -1.85. The molecule has 130 valence electrons. The predicted molar refractivity (Wildman–Crippen MR) is 81.5 cm³/mol. The number of hydrogen-bond acceptors (Lipinski definition) is 5. The lowest BCUT2D eigenvalue weighted by atomic mass is 10.1. The van der Waals surface area contributed by atoms with Gasteiger partial charge in [0.05, 0.1) is 24.8 Å². The molecule has 0 radical (unpaired) electrons. The summed E-state index contributed by atoms with van der Waals surface area (Å²) >= 11 is 0. The van der Waals surface area contributed by atoms with Crippen LogP contribution in [0.1, 0.15) is 30.7 Å². The van der Waals surface area contributed by atoms with E-state index in [1.165, 1.54) is 0 Å². The van der Waals surface area contributed by atoms with Crippen LogP contribution in [0.2, 0.25) is 0 Å². The van der Waals surface area contributed by atoms with Crippen molar-refractivity contribution in [3.63, 3.8) is 0 Å². The minimum absolute atomic E-state index is 0.0261. The van der Waals surface area contributed by atoms with Crippen LogP contribution < -0.4 is 4.90 Å². The molecule has 3 heterocycles. The van der Waals surface area contributed by atoms with E-state index < -0.39 is 17.4 Å². The van der Waals surface area contributed by atoms with E-state index in [-0.39, 0.29) is 12.6 Å². The van der Waals surface area contributed by atoms with Gasteiger partial charge in [-0.25, -0.2) is 4.98 Å². The summed E-state index contributed by atoms with van der Waals surface area (Å²) in [4.78, 5) is 8.36. The van der Waals surface area contributed by atoms with Gasteiger partial charge < -0.3 is 9.64 Å². The molecule has 5 nitrogen and oxygen atoms in total. The highest BCUT2D eigenvalue weighted by Crippen LogP contribution is 2.36. The second kappa shape index (κ2) is 6.22. The Morgan fingerprint density at radius 3 is 2.75 bits per heavy atom. The fourth-order valence-electron chi connectivity index (χ4n) is 3.28. The van der Waals surface area contributed by atoms with E-state index in [1.54, 1.807) is 6.07 Å². The molecule has 0 spiro atoms. The molecule has 1 fully saturated rings. The molecule has 2 aliphatic rings. The number of ether oxygens (including phenoxy) is 1. The second-order valence-corrected chi connectivity index (χ2v) is 6.43. The number of pyridine rings is 1. The van der Waals surface area contributed by atoms with Crippen LogP contribution >= 0.6 is 0 Å². The molecular formula is C16H19F3N4O. The maximum Gasteiger partial charge on any atom is 0.419 e. The summed E-state index contributed by atoms with van der Waals surface area (Å²) in [5.41, 5.74) is -1.18. The van der Waals surface area contributed by atoms with Crippen molar-refractivity contribution in [2.75, 3.05) is 31.1 Å². The third kappa shape index (κ3) is 3.06. The summed E-state index contributed by atoms with van der Waals surface area (Å²) in [6, 6.07) is 3.02. The van der Waals surface area contributed by atoms with E-state index in [0.29, 0.717) is 30.6 Å². The lowest BCUT2D eigenvalue weighted by Crippen LogP contribution is -2.56. The molecule has 0 amide bonds. The van der Waals surface area contributed by atoms with E-state index >= 15 is 0 Å². The molecule has 0 aromatic carbocycles. The molecular weight excluding hydrogens is 321 g/mol. The maximum atomic E-state index is 13.1. The third-order valence-electron chi connectivity index (χ3n) is 4.57. The molecule has 0 unspecified atom stereocenters. The number of halogens is 3. The average molecular weight is 340 g/mol. The molecule has 0 aliphatic carbocycles. The molecule has 1 aromatic heterocycles. The zero-order valence-electron chi connectivity index (χ0n) is 13.6. The number of hydrogen-bond donors (Lipinski definition) is 0. The predicted octanol–water partition coefficient (Wildman–Crippen LogP) is 2.40. The quantitative estimate of drug-likeness (QED) is 0.786.